The third-order valence-electron chi connectivity index (χ3n) is 4.68. The van der Waals surface area contributed by atoms with Crippen molar-refractivity contribution < 1.29 is 41.4 Å². The fraction of sp³-hybridized carbons (Fsp3) is 0.273. The molecule has 0 unspecified atom stereocenters. The molecule has 3 aromatic rings. The molecule has 0 aliphatic heterocycles. The summed E-state index contributed by atoms with van der Waals surface area (Å²) in [5.41, 5.74) is 1.39. The van der Waals surface area contributed by atoms with E-state index in [0.29, 0.717) is 34.1 Å². The number of nitrogens with zero attached hydrogens (tertiary/aromatic N) is 1. The van der Waals surface area contributed by atoms with Crippen LogP contribution in [-0.4, -0.2) is 38.8 Å². The third-order valence-corrected chi connectivity index (χ3v) is 4.68. The van der Waals surface area contributed by atoms with Gasteiger partial charge in [0.05, 0.1) is 39.1 Å². The molecule has 8 nitrogen and oxygen atoms in total. The predicted octanol–water partition coefficient (Wildman–Crippen LogP) is 4.50. The Balaban J connectivity index is 1.84. The van der Waals surface area contributed by atoms with E-state index in [4.69, 9.17) is 18.7 Å². The number of aromatic nitrogens is 1. The number of hydrogen-bond donors (Lipinski definition) is 1. The van der Waals surface area contributed by atoms with Crippen molar-refractivity contribution in [3.05, 3.63) is 53.2 Å². The van der Waals surface area contributed by atoms with Crippen LogP contribution < -0.4 is 24.3 Å². The second kappa shape index (κ2) is 9.72. The minimum atomic E-state index is -4.81. The van der Waals surface area contributed by atoms with Crippen LogP contribution in [0.4, 0.5) is 13.2 Å². The Bertz CT molecular complexity index is 1100. The van der Waals surface area contributed by atoms with Crippen molar-refractivity contribution in [1.82, 2.24) is 10.5 Å². The zero-order valence-corrected chi connectivity index (χ0v) is 18.2. The SMILES string of the molecule is COc1cc(OC)c(CNC(=O)c2c(C)noc2-c2ccc(OC(F)(F)F)cc2)c(OC)c1. The molecule has 1 N–H and O–H groups in total. The van der Waals surface area contributed by atoms with Gasteiger partial charge in [-0.15, -0.1) is 13.2 Å². The lowest BCUT2D eigenvalue weighted by atomic mass is 10.1. The number of halogens is 3. The van der Waals surface area contributed by atoms with E-state index < -0.39 is 18.0 Å². The van der Waals surface area contributed by atoms with Gasteiger partial charge < -0.3 is 28.8 Å². The summed E-state index contributed by atoms with van der Waals surface area (Å²) in [4.78, 5) is 13.0. The molecule has 33 heavy (non-hydrogen) atoms. The Kier molecular flexibility index (Phi) is 7.00. The highest BCUT2D eigenvalue weighted by atomic mass is 19.4. The number of alkyl halides is 3. The molecule has 0 radical (unpaired) electrons. The first-order chi connectivity index (χ1) is 15.7. The molecule has 0 saturated carbocycles. The first-order valence-corrected chi connectivity index (χ1v) is 9.56. The predicted molar refractivity (Wildman–Crippen MR) is 111 cm³/mol. The maximum absolute atomic E-state index is 13.0. The van der Waals surface area contributed by atoms with Gasteiger partial charge in [-0.1, -0.05) is 5.16 Å². The summed E-state index contributed by atoms with van der Waals surface area (Å²) >= 11 is 0. The lowest BCUT2D eigenvalue weighted by molar-refractivity contribution is -0.274. The van der Waals surface area contributed by atoms with E-state index in [2.05, 4.69) is 15.2 Å². The minimum absolute atomic E-state index is 0.0532. The Hall–Kier alpha value is -3.89. The van der Waals surface area contributed by atoms with E-state index in [0.717, 1.165) is 12.1 Å². The quantitative estimate of drug-likeness (QED) is 0.522. The number of ether oxygens (including phenoxy) is 4. The maximum Gasteiger partial charge on any atom is 0.573 e. The highest BCUT2D eigenvalue weighted by molar-refractivity contribution is 6.00. The van der Waals surface area contributed by atoms with Gasteiger partial charge in [0, 0.05) is 17.7 Å². The van der Waals surface area contributed by atoms with Crippen LogP contribution >= 0.6 is 0 Å². The van der Waals surface area contributed by atoms with Gasteiger partial charge in [0.15, 0.2) is 5.76 Å². The summed E-state index contributed by atoms with van der Waals surface area (Å²) < 4.78 is 62.3. The Morgan fingerprint density at radius 1 is 1.00 bits per heavy atom. The molecule has 2 aromatic carbocycles. The topological polar surface area (TPSA) is 92.1 Å². The van der Waals surface area contributed by atoms with Gasteiger partial charge in [-0.2, -0.15) is 0 Å². The van der Waals surface area contributed by atoms with Crippen molar-refractivity contribution in [3.63, 3.8) is 0 Å². The second-order valence-electron chi connectivity index (χ2n) is 6.74. The summed E-state index contributed by atoms with van der Waals surface area (Å²) in [6.45, 7) is 1.63. The molecule has 3 rings (SSSR count). The van der Waals surface area contributed by atoms with Crippen molar-refractivity contribution in [2.24, 2.45) is 0 Å². The van der Waals surface area contributed by atoms with Crippen LogP contribution in [0.3, 0.4) is 0 Å². The summed E-state index contributed by atoms with van der Waals surface area (Å²) in [5.74, 6) is 0.639. The van der Waals surface area contributed by atoms with Gasteiger partial charge in [0.1, 0.15) is 28.6 Å². The average Bonchev–Trinajstić information content (AvgIpc) is 3.17. The number of aryl methyl sites for hydroxylation is 1. The highest BCUT2D eigenvalue weighted by Gasteiger charge is 2.31. The third kappa shape index (κ3) is 5.48. The molecule has 0 saturated heterocycles. The molecular formula is C22H21F3N2O6. The standard InChI is InChI=1S/C22H21F3N2O6/c1-12-19(20(33-27-12)13-5-7-14(8-6-13)32-22(23,24)25)21(28)26-11-16-17(30-3)9-15(29-2)10-18(16)31-4/h5-10H,11H2,1-4H3,(H,26,28). The largest absolute Gasteiger partial charge is 0.573 e. The first-order valence-electron chi connectivity index (χ1n) is 9.56. The van der Waals surface area contributed by atoms with E-state index in [1.165, 1.54) is 33.5 Å². The number of carbonyl (C=O) groups excluding carboxylic acids is 1. The van der Waals surface area contributed by atoms with Crippen molar-refractivity contribution in [1.29, 1.82) is 0 Å². The first kappa shape index (κ1) is 23.8. The molecule has 1 heterocycles. The van der Waals surface area contributed by atoms with Gasteiger partial charge in [-0.05, 0) is 31.2 Å². The maximum atomic E-state index is 13.0. The van der Waals surface area contributed by atoms with E-state index in [1.807, 2.05) is 0 Å². The number of amides is 1. The molecule has 11 heteroatoms. The zero-order valence-electron chi connectivity index (χ0n) is 18.2. The molecule has 0 bridgehead atoms. The zero-order chi connectivity index (χ0) is 24.2. The van der Waals surface area contributed by atoms with Crippen LogP contribution in [0.15, 0.2) is 40.9 Å². The summed E-state index contributed by atoms with van der Waals surface area (Å²) in [6.07, 6.45) is -4.81. The normalized spacial score (nSPS) is 11.1. The molecule has 0 atom stereocenters. The van der Waals surface area contributed by atoms with Crippen LogP contribution in [0, 0.1) is 6.92 Å². The number of methoxy groups -OCH3 is 3. The van der Waals surface area contributed by atoms with Crippen molar-refractivity contribution >= 4 is 5.91 Å². The lowest BCUT2D eigenvalue weighted by Gasteiger charge is -2.15. The van der Waals surface area contributed by atoms with Gasteiger partial charge in [-0.25, -0.2) is 0 Å². The fourth-order valence-electron chi connectivity index (χ4n) is 3.15. The number of rotatable bonds is 8. The van der Waals surface area contributed by atoms with E-state index in [9.17, 15) is 18.0 Å². The van der Waals surface area contributed by atoms with Crippen molar-refractivity contribution in [2.45, 2.75) is 19.8 Å². The Morgan fingerprint density at radius 2 is 1.61 bits per heavy atom. The van der Waals surface area contributed by atoms with Crippen molar-refractivity contribution in [2.75, 3.05) is 21.3 Å². The number of nitrogens with one attached hydrogen (secondary N) is 1. The van der Waals surface area contributed by atoms with Crippen LogP contribution in [0.5, 0.6) is 23.0 Å². The lowest BCUT2D eigenvalue weighted by Crippen LogP contribution is -2.24. The molecule has 0 aliphatic carbocycles. The van der Waals surface area contributed by atoms with Gasteiger partial charge in [0.2, 0.25) is 0 Å². The van der Waals surface area contributed by atoms with E-state index in [1.54, 1.807) is 19.1 Å². The highest BCUT2D eigenvalue weighted by Crippen LogP contribution is 2.34. The number of benzene rings is 2. The number of hydrogen-bond acceptors (Lipinski definition) is 7. The second-order valence-corrected chi connectivity index (χ2v) is 6.74. The molecule has 0 aliphatic rings. The molecule has 176 valence electrons. The molecule has 0 fully saturated rings. The molecule has 0 spiro atoms. The minimum Gasteiger partial charge on any atom is -0.496 e. The van der Waals surface area contributed by atoms with Crippen molar-refractivity contribution in [3.8, 4) is 34.3 Å². The molecular weight excluding hydrogens is 445 g/mol. The monoisotopic (exact) mass is 466 g/mol. The number of carbonyl (C=O) groups is 1. The van der Waals surface area contributed by atoms with Gasteiger partial charge >= 0.3 is 6.36 Å². The summed E-state index contributed by atoms with van der Waals surface area (Å²) in [5, 5.41) is 6.60. The van der Waals surface area contributed by atoms with Crippen LogP contribution in [-0.2, 0) is 6.54 Å². The molecule has 1 aromatic heterocycles. The van der Waals surface area contributed by atoms with Gasteiger partial charge in [-0.3, -0.25) is 4.79 Å². The summed E-state index contributed by atoms with van der Waals surface area (Å²) in [7, 11) is 4.47. The van der Waals surface area contributed by atoms with Gasteiger partial charge in [0.25, 0.3) is 5.91 Å². The Labute approximate surface area is 187 Å². The van der Waals surface area contributed by atoms with Crippen LogP contribution in [0.2, 0.25) is 0 Å². The molecule has 1 amide bonds. The summed E-state index contributed by atoms with van der Waals surface area (Å²) in [6, 6.07) is 8.24. The Morgan fingerprint density at radius 3 is 2.12 bits per heavy atom. The van der Waals surface area contributed by atoms with Crippen LogP contribution in [0.25, 0.3) is 11.3 Å². The smallest absolute Gasteiger partial charge is 0.496 e. The van der Waals surface area contributed by atoms with E-state index in [-0.39, 0.29) is 17.9 Å². The fourth-order valence-corrected chi connectivity index (χ4v) is 3.15. The van der Waals surface area contributed by atoms with Crippen LogP contribution in [0.1, 0.15) is 21.6 Å². The average molecular weight is 466 g/mol. The van der Waals surface area contributed by atoms with E-state index >= 15 is 0 Å².